The third-order valence-corrected chi connectivity index (χ3v) is 7.65. The summed E-state index contributed by atoms with van der Waals surface area (Å²) in [5.41, 5.74) is -0.481. The molecule has 5 rings (SSSR count). The highest BCUT2D eigenvalue weighted by Crippen LogP contribution is 2.38. The van der Waals surface area contributed by atoms with Gasteiger partial charge in [0.1, 0.15) is 28.6 Å². The van der Waals surface area contributed by atoms with Crippen LogP contribution in [0.15, 0.2) is 29.9 Å². The molecule has 37 heavy (non-hydrogen) atoms. The summed E-state index contributed by atoms with van der Waals surface area (Å²) in [6, 6.07) is 2.20. The minimum absolute atomic E-state index is 0.00429. The van der Waals surface area contributed by atoms with Gasteiger partial charge in [0, 0.05) is 29.4 Å². The number of hydrogen-bond acceptors (Lipinski definition) is 9. The lowest BCUT2D eigenvalue weighted by atomic mass is 10.2. The van der Waals surface area contributed by atoms with E-state index in [1.165, 1.54) is 39.7 Å². The molecule has 0 aliphatic carbocycles. The van der Waals surface area contributed by atoms with Gasteiger partial charge >= 0.3 is 6.09 Å². The molecular weight excluding hydrogens is 541 g/mol. The first-order valence-corrected chi connectivity index (χ1v) is 13.5. The Morgan fingerprint density at radius 2 is 2.05 bits per heavy atom. The Morgan fingerprint density at radius 1 is 1.30 bits per heavy atom. The average Bonchev–Trinajstić information content (AvgIpc) is 3.55. The molecule has 3 aromatic heterocycles. The van der Waals surface area contributed by atoms with Crippen LogP contribution in [0, 0.1) is 5.82 Å². The summed E-state index contributed by atoms with van der Waals surface area (Å²) in [6.07, 6.45) is 3.25. The smallest absolute Gasteiger partial charge is 0.413 e. The summed E-state index contributed by atoms with van der Waals surface area (Å²) in [6.45, 7) is 9.13. The van der Waals surface area contributed by atoms with Crippen molar-refractivity contribution in [3.05, 3.63) is 40.7 Å². The minimum atomic E-state index is -0.893. The number of halogens is 2. The first kappa shape index (κ1) is 25.8. The standard InChI is InChI=1S/C24H25ClFN5O4S2/c1-23(2,3)35-22(32)31-13(12-34-24(31,4)5)11-33-18-9-15(25)14(8-16(18)26)19-28-29-20(37-19)17-10-30-6-7-36-21(30)27-17/h6-10,13H,11-12H2,1-5H3. The predicted octanol–water partition coefficient (Wildman–Crippen LogP) is 6.12. The Labute approximate surface area is 225 Å². The molecule has 1 amide bonds. The van der Waals surface area contributed by atoms with Gasteiger partial charge in [0.25, 0.3) is 0 Å². The van der Waals surface area contributed by atoms with Gasteiger partial charge in [-0.1, -0.05) is 22.9 Å². The van der Waals surface area contributed by atoms with E-state index < -0.39 is 29.3 Å². The highest BCUT2D eigenvalue weighted by atomic mass is 35.5. The van der Waals surface area contributed by atoms with Crippen molar-refractivity contribution in [1.82, 2.24) is 24.5 Å². The van der Waals surface area contributed by atoms with Crippen LogP contribution in [0.3, 0.4) is 0 Å². The predicted molar refractivity (Wildman–Crippen MR) is 140 cm³/mol. The van der Waals surface area contributed by atoms with E-state index in [-0.39, 0.29) is 24.0 Å². The van der Waals surface area contributed by atoms with Crippen molar-refractivity contribution < 1.29 is 23.4 Å². The summed E-state index contributed by atoms with van der Waals surface area (Å²) in [7, 11) is 0. The summed E-state index contributed by atoms with van der Waals surface area (Å²) in [4.78, 5) is 19.7. The van der Waals surface area contributed by atoms with Crippen LogP contribution in [0.5, 0.6) is 5.75 Å². The Bertz CT molecular complexity index is 1430. The molecule has 1 fully saturated rings. The van der Waals surface area contributed by atoms with Crippen LogP contribution in [0.1, 0.15) is 34.6 Å². The molecule has 1 aliphatic rings. The zero-order chi connectivity index (χ0) is 26.5. The summed E-state index contributed by atoms with van der Waals surface area (Å²) in [5.74, 6) is -0.651. The molecule has 0 radical (unpaired) electrons. The van der Waals surface area contributed by atoms with E-state index >= 15 is 4.39 Å². The van der Waals surface area contributed by atoms with E-state index in [0.717, 1.165) is 4.96 Å². The first-order chi connectivity index (χ1) is 17.4. The lowest BCUT2D eigenvalue weighted by Crippen LogP contribution is -2.51. The molecule has 1 aliphatic heterocycles. The van der Waals surface area contributed by atoms with E-state index in [1.54, 1.807) is 34.6 Å². The second-order valence-corrected chi connectivity index (χ2v) is 12.2. The number of thiazole rings is 1. The maximum absolute atomic E-state index is 15.1. The number of carbonyl (C=O) groups excluding carboxylic acids is 1. The van der Waals surface area contributed by atoms with Crippen LogP contribution in [0.2, 0.25) is 5.02 Å². The molecule has 0 N–H and O–H groups in total. The van der Waals surface area contributed by atoms with Gasteiger partial charge in [0.15, 0.2) is 21.5 Å². The van der Waals surface area contributed by atoms with Crippen molar-refractivity contribution in [1.29, 1.82) is 0 Å². The number of nitrogens with zero attached hydrogens (tertiary/aromatic N) is 5. The van der Waals surface area contributed by atoms with Crippen molar-refractivity contribution in [3.8, 4) is 27.0 Å². The third-order valence-electron chi connectivity index (χ3n) is 5.59. The third kappa shape index (κ3) is 5.28. The molecule has 1 atom stereocenters. The quantitative estimate of drug-likeness (QED) is 0.288. The Morgan fingerprint density at radius 3 is 2.78 bits per heavy atom. The van der Waals surface area contributed by atoms with Crippen LogP contribution < -0.4 is 4.74 Å². The van der Waals surface area contributed by atoms with Gasteiger partial charge in [-0.25, -0.2) is 14.2 Å². The fraction of sp³-hybridized carbons (Fsp3) is 0.417. The van der Waals surface area contributed by atoms with Gasteiger partial charge in [-0.3, -0.25) is 9.30 Å². The number of rotatable bonds is 5. The first-order valence-electron chi connectivity index (χ1n) is 11.5. The summed E-state index contributed by atoms with van der Waals surface area (Å²) >= 11 is 9.28. The Balaban J connectivity index is 1.31. The fourth-order valence-corrected chi connectivity index (χ4v) is 5.77. The lowest BCUT2D eigenvalue weighted by molar-refractivity contribution is -0.0637. The highest BCUT2D eigenvalue weighted by molar-refractivity contribution is 7.18. The number of amides is 1. The summed E-state index contributed by atoms with van der Waals surface area (Å²) < 4.78 is 34.0. The van der Waals surface area contributed by atoms with E-state index in [0.29, 0.717) is 21.3 Å². The zero-order valence-electron chi connectivity index (χ0n) is 20.8. The van der Waals surface area contributed by atoms with Crippen LogP contribution in [0.4, 0.5) is 9.18 Å². The van der Waals surface area contributed by atoms with Crippen LogP contribution >= 0.6 is 34.3 Å². The van der Waals surface area contributed by atoms with Gasteiger partial charge in [-0.2, -0.15) is 0 Å². The molecule has 9 nitrogen and oxygen atoms in total. The van der Waals surface area contributed by atoms with Crippen molar-refractivity contribution in [2.75, 3.05) is 13.2 Å². The van der Waals surface area contributed by atoms with Crippen molar-refractivity contribution in [3.63, 3.8) is 0 Å². The minimum Gasteiger partial charge on any atom is -0.488 e. The molecular formula is C24H25ClFN5O4S2. The molecule has 196 valence electrons. The molecule has 0 spiro atoms. The molecule has 1 unspecified atom stereocenters. The van der Waals surface area contributed by atoms with Crippen LogP contribution in [0.25, 0.3) is 26.2 Å². The number of fused-ring (bicyclic) bond motifs is 1. The number of carbonyl (C=O) groups is 1. The molecule has 4 heterocycles. The van der Waals surface area contributed by atoms with Crippen molar-refractivity contribution >= 4 is 45.3 Å². The van der Waals surface area contributed by atoms with E-state index in [4.69, 9.17) is 25.8 Å². The number of hydrogen-bond donors (Lipinski definition) is 0. The molecule has 1 aromatic carbocycles. The number of ether oxygens (including phenoxy) is 3. The van der Waals surface area contributed by atoms with Gasteiger partial charge in [-0.15, -0.1) is 21.5 Å². The van der Waals surface area contributed by atoms with Crippen LogP contribution in [-0.2, 0) is 9.47 Å². The second kappa shape index (κ2) is 9.50. The maximum atomic E-state index is 15.1. The SMILES string of the molecule is CC(C)(C)OC(=O)N1C(COc2cc(Cl)c(-c3nnc(-c4cn5ccsc5n4)s3)cc2F)COC1(C)C. The number of benzene rings is 1. The van der Waals surface area contributed by atoms with Gasteiger partial charge < -0.3 is 14.2 Å². The summed E-state index contributed by atoms with van der Waals surface area (Å²) in [5, 5.41) is 11.7. The second-order valence-electron chi connectivity index (χ2n) is 9.97. The van der Waals surface area contributed by atoms with Gasteiger partial charge in [0.2, 0.25) is 0 Å². The normalized spacial score (nSPS) is 17.5. The Hall–Kier alpha value is -2.80. The van der Waals surface area contributed by atoms with Gasteiger partial charge in [0.05, 0.1) is 17.7 Å². The van der Waals surface area contributed by atoms with E-state index in [2.05, 4.69) is 15.2 Å². The Kier molecular flexibility index (Phi) is 6.63. The van der Waals surface area contributed by atoms with Crippen molar-refractivity contribution in [2.24, 2.45) is 0 Å². The lowest BCUT2D eigenvalue weighted by Gasteiger charge is -2.35. The highest BCUT2D eigenvalue weighted by Gasteiger charge is 2.46. The maximum Gasteiger partial charge on any atom is 0.413 e. The van der Waals surface area contributed by atoms with Crippen LogP contribution in [-0.4, -0.2) is 61.2 Å². The fourth-order valence-electron chi connectivity index (χ4n) is 3.94. The molecule has 0 saturated carbocycles. The van der Waals surface area contributed by atoms with E-state index in [9.17, 15) is 4.79 Å². The van der Waals surface area contributed by atoms with E-state index in [1.807, 2.05) is 22.2 Å². The molecule has 4 aromatic rings. The molecule has 1 saturated heterocycles. The number of aromatic nitrogens is 4. The molecule has 13 heteroatoms. The average molecular weight is 566 g/mol. The zero-order valence-corrected chi connectivity index (χ0v) is 23.2. The topological polar surface area (TPSA) is 91.1 Å². The number of imidazole rings is 1. The monoisotopic (exact) mass is 565 g/mol. The van der Waals surface area contributed by atoms with Crippen molar-refractivity contribution in [2.45, 2.75) is 52.0 Å². The van der Waals surface area contributed by atoms with Gasteiger partial charge in [-0.05, 0) is 40.7 Å². The molecule has 0 bridgehead atoms. The largest absolute Gasteiger partial charge is 0.488 e.